The van der Waals surface area contributed by atoms with Gasteiger partial charge in [-0.05, 0) is 24.6 Å². The first-order valence-electron chi connectivity index (χ1n) is 7.15. The Hall–Kier alpha value is -2.18. The molecule has 1 N–H and O–H groups in total. The second kappa shape index (κ2) is 6.29. The number of nitrogens with one attached hydrogen (secondary N) is 1. The van der Waals surface area contributed by atoms with E-state index < -0.39 is 5.91 Å². The second-order valence-corrected chi connectivity index (χ2v) is 5.25. The van der Waals surface area contributed by atoms with Crippen LogP contribution >= 0.6 is 0 Å². The quantitative estimate of drug-likeness (QED) is 0.923. The van der Waals surface area contributed by atoms with Crippen molar-refractivity contribution in [1.82, 2.24) is 5.32 Å². The van der Waals surface area contributed by atoms with E-state index in [1.54, 1.807) is 12.1 Å². The minimum Gasteiger partial charge on any atom is -0.451 e. The third-order valence-electron chi connectivity index (χ3n) is 3.48. The van der Waals surface area contributed by atoms with E-state index in [2.05, 4.69) is 5.32 Å². The van der Waals surface area contributed by atoms with Crippen molar-refractivity contribution < 1.29 is 18.7 Å². The first-order valence-corrected chi connectivity index (χ1v) is 7.15. The molecule has 3 rings (SSSR count). The summed E-state index contributed by atoms with van der Waals surface area (Å²) in [6.45, 7) is 3.75. The van der Waals surface area contributed by atoms with Gasteiger partial charge < -0.3 is 19.2 Å². The summed E-state index contributed by atoms with van der Waals surface area (Å²) in [5.41, 5.74) is 1.14. The fraction of sp³-hybridized carbons (Fsp3) is 0.375. The molecular weight excluding hydrogens is 286 g/mol. The molecule has 1 fully saturated rings. The van der Waals surface area contributed by atoms with Gasteiger partial charge in [0.2, 0.25) is 0 Å². The van der Waals surface area contributed by atoms with Gasteiger partial charge in [0.05, 0.1) is 31.3 Å². The van der Waals surface area contributed by atoms with Crippen LogP contribution in [0.4, 0.5) is 0 Å². The molecule has 22 heavy (non-hydrogen) atoms. The monoisotopic (exact) mass is 303 g/mol. The molecule has 0 bridgehead atoms. The fourth-order valence-corrected chi connectivity index (χ4v) is 2.32. The highest BCUT2D eigenvalue weighted by Gasteiger charge is 2.17. The normalized spacial score (nSPS) is 18.3. The van der Waals surface area contributed by atoms with Gasteiger partial charge >= 0.3 is 0 Å². The maximum absolute atomic E-state index is 12.1. The molecule has 2 aromatic rings. The Morgan fingerprint density at radius 1 is 1.32 bits per heavy atom. The van der Waals surface area contributed by atoms with Crippen molar-refractivity contribution in [1.29, 1.82) is 0 Å². The Labute approximate surface area is 127 Å². The molecule has 0 saturated carbocycles. The van der Waals surface area contributed by atoms with Crippen LogP contribution in [-0.2, 0) is 9.47 Å². The smallest absolute Gasteiger partial charge is 0.287 e. The van der Waals surface area contributed by atoms with Crippen molar-refractivity contribution >= 4 is 16.9 Å². The zero-order chi connectivity index (χ0) is 15.5. The molecule has 1 atom stereocenters. The lowest BCUT2D eigenvalue weighted by atomic mass is 10.1. The molecule has 1 saturated heterocycles. The minimum atomic E-state index is -0.435. The summed E-state index contributed by atoms with van der Waals surface area (Å²) in [6, 6.07) is 6.49. The number of carbonyl (C=O) groups excluding carboxylic acids is 1. The van der Waals surface area contributed by atoms with Gasteiger partial charge in [-0.1, -0.05) is 6.07 Å². The predicted octanol–water partition coefficient (Wildman–Crippen LogP) is 1.25. The molecule has 6 nitrogen and oxygen atoms in total. The summed E-state index contributed by atoms with van der Waals surface area (Å²) in [5.74, 6) is -0.436. The number of amides is 1. The highest BCUT2D eigenvalue weighted by atomic mass is 16.6. The minimum absolute atomic E-state index is 0.000159. The van der Waals surface area contributed by atoms with Crippen LogP contribution in [-0.4, -0.2) is 38.4 Å². The van der Waals surface area contributed by atoms with Gasteiger partial charge in [-0.25, -0.2) is 0 Å². The predicted molar refractivity (Wildman–Crippen MR) is 80.1 cm³/mol. The molecule has 1 aromatic heterocycles. The standard InChI is InChI=1S/C16H17NO5/c1-10-2-3-12-13(18)7-15(22-14(12)6-10)16(19)17-8-11-9-20-4-5-21-11/h2-3,6-7,11H,4-5,8-9H2,1H3,(H,17,19). The summed E-state index contributed by atoms with van der Waals surface area (Å²) in [7, 11) is 0. The van der Waals surface area contributed by atoms with Crippen LogP contribution in [0.15, 0.2) is 33.5 Å². The van der Waals surface area contributed by atoms with E-state index in [0.29, 0.717) is 37.3 Å². The third-order valence-corrected chi connectivity index (χ3v) is 3.48. The number of rotatable bonds is 3. The van der Waals surface area contributed by atoms with Crippen molar-refractivity contribution in [2.75, 3.05) is 26.4 Å². The molecule has 116 valence electrons. The third kappa shape index (κ3) is 3.18. The number of benzene rings is 1. The maximum Gasteiger partial charge on any atom is 0.287 e. The van der Waals surface area contributed by atoms with Crippen LogP contribution in [0, 0.1) is 6.92 Å². The molecule has 1 amide bonds. The molecule has 1 unspecified atom stereocenters. The highest BCUT2D eigenvalue weighted by molar-refractivity contribution is 5.93. The Bertz CT molecular complexity index is 746. The average Bonchev–Trinajstić information content (AvgIpc) is 2.53. The van der Waals surface area contributed by atoms with E-state index in [4.69, 9.17) is 13.9 Å². The lowest BCUT2D eigenvalue weighted by Crippen LogP contribution is -2.39. The highest BCUT2D eigenvalue weighted by Crippen LogP contribution is 2.14. The van der Waals surface area contributed by atoms with Crippen molar-refractivity contribution in [2.45, 2.75) is 13.0 Å². The van der Waals surface area contributed by atoms with E-state index in [1.807, 2.05) is 13.0 Å². The molecular formula is C16H17NO5. The summed E-state index contributed by atoms with van der Waals surface area (Å²) in [6.07, 6.45) is -0.174. The first kappa shape index (κ1) is 14.7. The summed E-state index contributed by atoms with van der Waals surface area (Å²) in [4.78, 5) is 24.2. The van der Waals surface area contributed by atoms with Crippen molar-refractivity contribution in [3.05, 3.63) is 45.8 Å². The van der Waals surface area contributed by atoms with Crippen LogP contribution < -0.4 is 10.7 Å². The van der Waals surface area contributed by atoms with Crippen molar-refractivity contribution in [3.63, 3.8) is 0 Å². The number of carbonyl (C=O) groups is 1. The zero-order valence-electron chi connectivity index (χ0n) is 12.3. The lowest BCUT2D eigenvalue weighted by molar-refractivity contribution is -0.0856. The van der Waals surface area contributed by atoms with E-state index >= 15 is 0 Å². The maximum atomic E-state index is 12.1. The number of aryl methyl sites for hydroxylation is 1. The van der Waals surface area contributed by atoms with Crippen molar-refractivity contribution in [2.24, 2.45) is 0 Å². The van der Waals surface area contributed by atoms with Crippen LogP contribution in [0.5, 0.6) is 0 Å². The van der Waals surface area contributed by atoms with Crippen molar-refractivity contribution in [3.8, 4) is 0 Å². The summed E-state index contributed by atoms with van der Waals surface area (Å²) < 4.78 is 16.2. The molecule has 1 aliphatic rings. The van der Waals surface area contributed by atoms with Gasteiger partial charge in [0.25, 0.3) is 5.91 Å². The Balaban J connectivity index is 1.77. The molecule has 6 heteroatoms. The van der Waals surface area contributed by atoms with Crippen LogP contribution in [0.25, 0.3) is 11.0 Å². The van der Waals surface area contributed by atoms with E-state index in [9.17, 15) is 9.59 Å². The Morgan fingerprint density at radius 3 is 2.95 bits per heavy atom. The molecule has 2 heterocycles. The number of hydrogen-bond donors (Lipinski definition) is 1. The largest absolute Gasteiger partial charge is 0.451 e. The fourth-order valence-electron chi connectivity index (χ4n) is 2.32. The van der Waals surface area contributed by atoms with Gasteiger partial charge in [0.1, 0.15) is 5.58 Å². The lowest BCUT2D eigenvalue weighted by Gasteiger charge is -2.22. The van der Waals surface area contributed by atoms with Gasteiger partial charge in [-0.3, -0.25) is 9.59 Å². The van der Waals surface area contributed by atoms with E-state index in [1.165, 1.54) is 6.07 Å². The molecule has 1 aliphatic heterocycles. The van der Waals surface area contributed by atoms with Gasteiger partial charge in [0, 0.05) is 12.6 Å². The number of fused-ring (bicyclic) bond motifs is 1. The molecule has 0 spiro atoms. The Kier molecular flexibility index (Phi) is 4.22. The molecule has 0 aliphatic carbocycles. The zero-order valence-corrected chi connectivity index (χ0v) is 12.3. The van der Waals surface area contributed by atoms with Crippen LogP contribution in [0.1, 0.15) is 16.1 Å². The number of ether oxygens (including phenoxy) is 2. The first-order chi connectivity index (χ1) is 10.6. The van der Waals surface area contributed by atoms with E-state index in [-0.39, 0.29) is 17.3 Å². The van der Waals surface area contributed by atoms with Gasteiger partial charge in [-0.15, -0.1) is 0 Å². The average molecular weight is 303 g/mol. The summed E-state index contributed by atoms with van der Waals surface area (Å²) in [5, 5.41) is 3.16. The topological polar surface area (TPSA) is 77.8 Å². The van der Waals surface area contributed by atoms with E-state index in [0.717, 1.165) is 5.56 Å². The van der Waals surface area contributed by atoms with Crippen LogP contribution in [0.2, 0.25) is 0 Å². The van der Waals surface area contributed by atoms with Gasteiger partial charge in [0.15, 0.2) is 11.2 Å². The van der Waals surface area contributed by atoms with Gasteiger partial charge in [-0.2, -0.15) is 0 Å². The van der Waals surface area contributed by atoms with Crippen LogP contribution in [0.3, 0.4) is 0 Å². The Morgan fingerprint density at radius 2 is 2.18 bits per heavy atom. The molecule has 1 aromatic carbocycles. The number of hydrogen-bond acceptors (Lipinski definition) is 5. The second-order valence-electron chi connectivity index (χ2n) is 5.25. The molecule has 0 radical (unpaired) electrons. The summed E-state index contributed by atoms with van der Waals surface area (Å²) >= 11 is 0. The SMILES string of the molecule is Cc1ccc2c(=O)cc(C(=O)NCC3COCCO3)oc2c1.